The van der Waals surface area contributed by atoms with Gasteiger partial charge in [0.15, 0.2) is 0 Å². The van der Waals surface area contributed by atoms with Gasteiger partial charge in [-0.25, -0.2) is 0 Å². The van der Waals surface area contributed by atoms with E-state index in [4.69, 9.17) is 10.8 Å². The van der Waals surface area contributed by atoms with Gasteiger partial charge in [0.1, 0.15) is 5.41 Å². The molecule has 86 valence electrons. The van der Waals surface area contributed by atoms with Crippen LogP contribution >= 0.6 is 0 Å². The molecule has 1 rings (SSSR count). The molecule has 5 nitrogen and oxygen atoms in total. The topological polar surface area (TPSA) is 83.6 Å². The number of carbonyl (C=O) groups is 2. The molecule has 1 aliphatic rings. The maximum Gasteiger partial charge on any atom is 0.318 e. The van der Waals surface area contributed by atoms with Crippen LogP contribution < -0.4 is 5.73 Å². The van der Waals surface area contributed by atoms with Crippen LogP contribution in [0.25, 0.3) is 0 Å². The van der Waals surface area contributed by atoms with Gasteiger partial charge in [0.2, 0.25) is 5.91 Å². The molecule has 5 heteroatoms. The Bertz CT molecular complexity index is 276. The average molecular weight is 214 g/mol. The smallest absolute Gasteiger partial charge is 0.318 e. The Morgan fingerprint density at radius 3 is 2.53 bits per heavy atom. The van der Waals surface area contributed by atoms with Gasteiger partial charge in [-0.05, 0) is 32.7 Å². The molecule has 1 fully saturated rings. The van der Waals surface area contributed by atoms with Crippen LogP contribution in [0.2, 0.25) is 0 Å². The molecule has 3 N–H and O–H groups in total. The minimum absolute atomic E-state index is 0.314. The second-order valence-electron chi connectivity index (χ2n) is 4.57. The Kier molecular flexibility index (Phi) is 3.34. The lowest BCUT2D eigenvalue weighted by Gasteiger charge is -2.25. The van der Waals surface area contributed by atoms with E-state index < -0.39 is 11.4 Å². The number of nitrogens with zero attached hydrogens (tertiary/aromatic N) is 1. The van der Waals surface area contributed by atoms with Crippen LogP contribution in [-0.2, 0) is 9.59 Å². The highest BCUT2D eigenvalue weighted by atomic mass is 16.4. The number of nitrogens with two attached hydrogens (primary N) is 1. The van der Waals surface area contributed by atoms with Crippen molar-refractivity contribution in [1.29, 1.82) is 0 Å². The summed E-state index contributed by atoms with van der Waals surface area (Å²) in [5.41, 5.74) is 4.18. The number of hydrogen-bond donors (Lipinski definition) is 2. The molecule has 0 saturated carbocycles. The molecule has 0 aromatic carbocycles. The highest BCUT2D eigenvalue weighted by molar-refractivity contribution is 6.01. The van der Waals surface area contributed by atoms with Gasteiger partial charge in [0, 0.05) is 13.1 Å². The predicted molar refractivity (Wildman–Crippen MR) is 55.2 cm³/mol. The number of carbonyl (C=O) groups excluding carboxylic acids is 1. The van der Waals surface area contributed by atoms with Crippen molar-refractivity contribution < 1.29 is 14.7 Å². The van der Waals surface area contributed by atoms with Gasteiger partial charge in [0.25, 0.3) is 0 Å². The molecule has 0 aliphatic carbocycles. The first-order valence-corrected chi connectivity index (χ1v) is 5.12. The zero-order valence-corrected chi connectivity index (χ0v) is 9.19. The Balaban J connectivity index is 2.66. The third-order valence-corrected chi connectivity index (χ3v) is 2.98. The Morgan fingerprint density at radius 2 is 2.13 bits per heavy atom. The number of likely N-dealkylation sites (tertiary alicyclic amines) is 1. The largest absolute Gasteiger partial charge is 0.480 e. The zero-order valence-electron chi connectivity index (χ0n) is 9.19. The van der Waals surface area contributed by atoms with Gasteiger partial charge in [0.05, 0.1) is 0 Å². The number of carboxylic acid groups (broad SMARTS) is 1. The summed E-state index contributed by atoms with van der Waals surface area (Å²) >= 11 is 0. The van der Waals surface area contributed by atoms with Crippen molar-refractivity contribution >= 4 is 11.9 Å². The van der Waals surface area contributed by atoms with E-state index in [0.717, 1.165) is 6.42 Å². The van der Waals surface area contributed by atoms with Crippen LogP contribution in [0, 0.1) is 11.3 Å². The normalized spacial score (nSPS) is 21.8. The molecule has 1 saturated heterocycles. The number of hydrogen-bond acceptors (Lipinski definition) is 3. The first-order chi connectivity index (χ1) is 6.89. The van der Waals surface area contributed by atoms with Crippen molar-refractivity contribution in [2.24, 2.45) is 17.1 Å². The van der Waals surface area contributed by atoms with Crippen LogP contribution in [-0.4, -0.2) is 41.5 Å². The lowest BCUT2D eigenvalue weighted by molar-refractivity contribution is -0.157. The molecule has 0 spiro atoms. The predicted octanol–water partition coefficient (Wildman–Crippen LogP) is -0.0956. The van der Waals surface area contributed by atoms with E-state index in [-0.39, 0.29) is 5.91 Å². The maximum atomic E-state index is 11.9. The standard InChI is InChI=1S/C10H18N2O3/c1-10(2,9(14)15)8(13)12-4-3-7(5-11)6-12/h7H,3-6,11H2,1-2H3,(H,14,15). The third kappa shape index (κ3) is 2.28. The molecule has 1 atom stereocenters. The van der Waals surface area contributed by atoms with Gasteiger partial charge < -0.3 is 15.7 Å². The molecule has 1 amide bonds. The number of carboxylic acids is 1. The average Bonchev–Trinajstić information content (AvgIpc) is 2.64. The zero-order chi connectivity index (χ0) is 11.6. The highest BCUT2D eigenvalue weighted by Gasteiger charge is 2.41. The molecule has 0 bridgehead atoms. The van der Waals surface area contributed by atoms with Crippen LogP contribution in [0.1, 0.15) is 20.3 Å². The van der Waals surface area contributed by atoms with E-state index in [0.29, 0.717) is 25.6 Å². The molecule has 15 heavy (non-hydrogen) atoms. The summed E-state index contributed by atoms with van der Waals surface area (Å²) in [5.74, 6) is -1.08. The minimum atomic E-state index is -1.33. The van der Waals surface area contributed by atoms with Gasteiger partial charge in [-0.15, -0.1) is 0 Å². The fourth-order valence-electron chi connectivity index (χ4n) is 1.70. The SMILES string of the molecule is CC(C)(C(=O)O)C(=O)N1CCC(CN)C1. The third-order valence-electron chi connectivity index (χ3n) is 2.98. The Hall–Kier alpha value is -1.10. The van der Waals surface area contributed by atoms with Gasteiger partial charge in [-0.1, -0.05) is 0 Å². The first kappa shape index (κ1) is 12.0. The van der Waals surface area contributed by atoms with Crippen LogP contribution in [0.5, 0.6) is 0 Å². The molecule has 1 unspecified atom stereocenters. The lowest BCUT2D eigenvalue weighted by atomic mass is 9.92. The van der Waals surface area contributed by atoms with Crippen molar-refractivity contribution in [2.45, 2.75) is 20.3 Å². The van der Waals surface area contributed by atoms with E-state index in [1.165, 1.54) is 13.8 Å². The Labute approximate surface area is 89.2 Å². The van der Waals surface area contributed by atoms with Crippen molar-refractivity contribution in [1.82, 2.24) is 4.90 Å². The van der Waals surface area contributed by atoms with E-state index in [1.807, 2.05) is 0 Å². The molecule has 1 aliphatic heterocycles. The summed E-state index contributed by atoms with van der Waals surface area (Å²) in [4.78, 5) is 24.4. The van der Waals surface area contributed by atoms with E-state index in [2.05, 4.69) is 0 Å². The summed E-state index contributed by atoms with van der Waals surface area (Å²) in [7, 11) is 0. The summed E-state index contributed by atoms with van der Waals surface area (Å²) in [5, 5.41) is 8.92. The fraction of sp³-hybridized carbons (Fsp3) is 0.800. The van der Waals surface area contributed by atoms with Gasteiger partial charge in [-0.3, -0.25) is 9.59 Å². The second-order valence-corrected chi connectivity index (χ2v) is 4.57. The molecule has 0 aromatic heterocycles. The number of rotatable bonds is 3. The van der Waals surface area contributed by atoms with Gasteiger partial charge >= 0.3 is 5.97 Å². The summed E-state index contributed by atoms with van der Waals surface area (Å²) < 4.78 is 0. The lowest BCUT2D eigenvalue weighted by Crippen LogP contribution is -2.44. The van der Waals surface area contributed by atoms with Crippen molar-refractivity contribution in [3.8, 4) is 0 Å². The molecule has 0 aromatic rings. The fourth-order valence-corrected chi connectivity index (χ4v) is 1.70. The van der Waals surface area contributed by atoms with Crippen molar-refractivity contribution in [2.75, 3.05) is 19.6 Å². The van der Waals surface area contributed by atoms with Crippen molar-refractivity contribution in [3.05, 3.63) is 0 Å². The maximum absolute atomic E-state index is 11.9. The van der Waals surface area contributed by atoms with E-state index in [9.17, 15) is 9.59 Å². The second kappa shape index (κ2) is 4.18. The molecule has 0 radical (unpaired) electrons. The van der Waals surface area contributed by atoms with Crippen LogP contribution in [0.4, 0.5) is 0 Å². The van der Waals surface area contributed by atoms with Gasteiger partial charge in [-0.2, -0.15) is 0 Å². The minimum Gasteiger partial charge on any atom is -0.480 e. The monoisotopic (exact) mass is 214 g/mol. The highest BCUT2D eigenvalue weighted by Crippen LogP contribution is 2.24. The number of amides is 1. The number of aliphatic carboxylic acids is 1. The first-order valence-electron chi connectivity index (χ1n) is 5.12. The molecular weight excluding hydrogens is 196 g/mol. The Morgan fingerprint density at radius 1 is 1.53 bits per heavy atom. The van der Waals surface area contributed by atoms with Crippen molar-refractivity contribution in [3.63, 3.8) is 0 Å². The van der Waals surface area contributed by atoms with E-state index in [1.54, 1.807) is 4.90 Å². The van der Waals surface area contributed by atoms with Crippen LogP contribution in [0.3, 0.4) is 0 Å². The molecular formula is C10H18N2O3. The summed E-state index contributed by atoms with van der Waals surface area (Å²) in [6.07, 6.45) is 0.873. The summed E-state index contributed by atoms with van der Waals surface area (Å²) in [6.45, 7) is 4.64. The van der Waals surface area contributed by atoms with Crippen LogP contribution in [0.15, 0.2) is 0 Å². The quantitative estimate of drug-likeness (QED) is 0.643. The molecule has 1 heterocycles. The summed E-state index contributed by atoms with van der Waals surface area (Å²) in [6, 6.07) is 0. The van der Waals surface area contributed by atoms with E-state index >= 15 is 0 Å².